The van der Waals surface area contributed by atoms with E-state index in [0.29, 0.717) is 18.1 Å². The summed E-state index contributed by atoms with van der Waals surface area (Å²) in [4.78, 5) is 23.9. The molecule has 2 bridgehead atoms. The van der Waals surface area contributed by atoms with E-state index in [2.05, 4.69) is 24.4 Å². The first-order valence-corrected chi connectivity index (χ1v) is 10.7. The minimum atomic E-state index is -1.51. The van der Waals surface area contributed by atoms with Crippen molar-refractivity contribution in [3.63, 3.8) is 0 Å². The molecule has 0 aromatic heterocycles. The van der Waals surface area contributed by atoms with Gasteiger partial charge >= 0.3 is 5.97 Å². The zero-order valence-electron chi connectivity index (χ0n) is 16.0. The first-order valence-electron chi connectivity index (χ1n) is 9.72. The number of esters is 1. The quantitative estimate of drug-likeness (QED) is 0.523. The monoisotopic (exact) mass is 395 g/mol. The third-order valence-electron chi connectivity index (χ3n) is 5.40. The van der Waals surface area contributed by atoms with Crippen LogP contribution in [-0.2, 0) is 14.3 Å². The highest BCUT2D eigenvalue weighted by Crippen LogP contribution is 2.37. The molecule has 2 fully saturated rings. The Hall–Kier alpha value is -1.31. The first-order chi connectivity index (χ1) is 12.8. The number of ether oxygens (including phenoxy) is 2. The van der Waals surface area contributed by atoms with Gasteiger partial charge in [-0.15, -0.1) is 0 Å². The summed E-state index contributed by atoms with van der Waals surface area (Å²) in [5, 5.41) is 13.7. The van der Waals surface area contributed by atoms with E-state index in [1.54, 1.807) is 6.08 Å². The van der Waals surface area contributed by atoms with Gasteiger partial charge in [0.15, 0.2) is 5.79 Å². The normalized spacial score (nSPS) is 41.7. The van der Waals surface area contributed by atoms with Crippen molar-refractivity contribution in [2.45, 2.75) is 76.4 Å². The molecule has 2 saturated heterocycles. The van der Waals surface area contributed by atoms with Crippen molar-refractivity contribution in [2.75, 3.05) is 5.75 Å². The molecule has 0 aromatic rings. The summed E-state index contributed by atoms with van der Waals surface area (Å²) in [5.74, 6) is -1.03. The summed E-state index contributed by atoms with van der Waals surface area (Å²) >= 11 is 1.14. The third-order valence-corrected chi connectivity index (χ3v) is 6.28. The van der Waals surface area contributed by atoms with Gasteiger partial charge in [0.2, 0.25) is 0 Å². The lowest BCUT2D eigenvalue weighted by Gasteiger charge is -2.43. The number of allylic oxidation sites excluding steroid dienone is 3. The van der Waals surface area contributed by atoms with Crippen molar-refractivity contribution in [1.82, 2.24) is 5.32 Å². The van der Waals surface area contributed by atoms with Crippen LogP contribution in [0.2, 0.25) is 0 Å². The van der Waals surface area contributed by atoms with Crippen molar-refractivity contribution in [2.24, 2.45) is 5.92 Å². The molecular weight excluding hydrogens is 366 g/mol. The van der Waals surface area contributed by atoms with Crippen molar-refractivity contribution >= 4 is 23.0 Å². The van der Waals surface area contributed by atoms with Crippen LogP contribution in [0.1, 0.15) is 52.4 Å². The van der Waals surface area contributed by atoms with Gasteiger partial charge in [0.05, 0.1) is 12.1 Å². The first kappa shape index (κ1) is 20.4. The number of carbonyl (C=O) groups is 2. The molecule has 3 rings (SSSR count). The Morgan fingerprint density at radius 3 is 2.85 bits per heavy atom. The molecule has 0 radical (unpaired) electrons. The number of amides is 1. The lowest BCUT2D eigenvalue weighted by Crippen LogP contribution is -2.58. The average molecular weight is 396 g/mol. The van der Waals surface area contributed by atoms with Gasteiger partial charge in [0.25, 0.3) is 5.24 Å². The fourth-order valence-corrected chi connectivity index (χ4v) is 4.75. The van der Waals surface area contributed by atoms with Crippen LogP contribution in [0.4, 0.5) is 4.79 Å². The van der Waals surface area contributed by atoms with E-state index in [0.717, 1.165) is 43.0 Å². The molecule has 7 heteroatoms. The van der Waals surface area contributed by atoms with Gasteiger partial charge in [-0.3, -0.25) is 4.79 Å². The van der Waals surface area contributed by atoms with Gasteiger partial charge in [-0.05, 0) is 38.5 Å². The maximum absolute atomic E-state index is 12.3. The lowest BCUT2D eigenvalue weighted by atomic mass is 9.90. The minimum Gasteiger partial charge on any atom is -0.459 e. The standard InChI is InChI=1S/C20H29NO5S/c1-13-5-3-4-6-14(2)9-18(22)25-16-10-15(8-7-13)26-20(24,11-16)17-12-27-19(23)21-17/h3,5,9,13,15-17,24H,4,6-8,10-12H2,1-2H3,(H,21,23)/b5-3-,14-9+/t13-,15-,16-,17+,20-/m1/s1. The van der Waals surface area contributed by atoms with Crippen molar-refractivity contribution in [3.8, 4) is 0 Å². The van der Waals surface area contributed by atoms with Crippen LogP contribution < -0.4 is 5.32 Å². The molecular formula is C20H29NO5S. The summed E-state index contributed by atoms with van der Waals surface area (Å²) < 4.78 is 11.7. The predicted octanol–water partition coefficient (Wildman–Crippen LogP) is 3.30. The van der Waals surface area contributed by atoms with Crippen LogP contribution in [-0.4, -0.2) is 46.1 Å². The number of carbonyl (C=O) groups excluding carboxylic acids is 2. The van der Waals surface area contributed by atoms with E-state index in [-0.39, 0.29) is 23.7 Å². The Labute approximate surface area is 164 Å². The zero-order chi connectivity index (χ0) is 19.4. The number of fused-ring (bicyclic) bond motifs is 2. The van der Waals surface area contributed by atoms with Gasteiger partial charge in [-0.2, -0.15) is 0 Å². The second-order valence-corrected chi connectivity index (χ2v) is 8.88. The highest BCUT2D eigenvalue weighted by Gasteiger charge is 2.49. The minimum absolute atomic E-state index is 0.160. The third kappa shape index (κ3) is 5.59. The van der Waals surface area contributed by atoms with Gasteiger partial charge in [0.1, 0.15) is 6.10 Å². The molecule has 1 amide bonds. The smallest absolute Gasteiger partial charge is 0.330 e. The Bertz CT molecular complexity index is 634. The lowest BCUT2D eigenvalue weighted by molar-refractivity contribution is -0.283. The molecule has 2 N–H and O–H groups in total. The maximum Gasteiger partial charge on any atom is 0.330 e. The average Bonchev–Trinajstić information content (AvgIpc) is 3.03. The zero-order valence-corrected chi connectivity index (χ0v) is 16.8. The van der Waals surface area contributed by atoms with Gasteiger partial charge in [-0.1, -0.05) is 36.4 Å². The number of thioether (sulfide) groups is 1. The fourth-order valence-electron chi connectivity index (χ4n) is 3.86. The second-order valence-electron chi connectivity index (χ2n) is 7.89. The van der Waals surface area contributed by atoms with Crippen LogP contribution in [0.5, 0.6) is 0 Å². The van der Waals surface area contributed by atoms with Crippen LogP contribution in [0.3, 0.4) is 0 Å². The van der Waals surface area contributed by atoms with Crippen molar-refractivity contribution in [3.05, 3.63) is 23.8 Å². The van der Waals surface area contributed by atoms with E-state index in [4.69, 9.17) is 9.47 Å². The number of hydrogen-bond donors (Lipinski definition) is 2. The van der Waals surface area contributed by atoms with E-state index in [9.17, 15) is 14.7 Å². The van der Waals surface area contributed by atoms with Crippen molar-refractivity contribution in [1.29, 1.82) is 0 Å². The number of aliphatic hydroxyl groups is 1. The Kier molecular flexibility index (Phi) is 6.65. The molecule has 5 atom stereocenters. The van der Waals surface area contributed by atoms with Gasteiger partial charge in [-0.25, -0.2) is 4.79 Å². The van der Waals surface area contributed by atoms with Gasteiger partial charge < -0.3 is 19.9 Å². The summed E-state index contributed by atoms with van der Waals surface area (Å²) in [6.45, 7) is 4.10. The van der Waals surface area contributed by atoms with Crippen molar-refractivity contribution < 1.29 is 24.2 Å². The highest BCUT2D eigenvalue weighted by molar-refractivity contribution is 8.14. The largest absolute Gasteiger partial charge is 0.459 e. The molecule has 0 spiro atoms. The van der Waals surface area contributed by atoms with Crippen LogP contribution in [0, 0.1) is 5.92 Å². The molecule has 0 unspecified atom stereocenters. The number of rotatable bonds is 1. The van der Waals surface area contributed by atoms with Crippen LogP contribution in [0.15, 0.2) is 23.8 Å². The van der Waals surface area contributed by atoms with Crippen LogP contribution in [0.25, 0.3) is 0 Å². The Balaban J connectivity index is 1.78. The topological polar surface area (TPSA) is 84.9 Å². The molecule has 0 aromatic carbocycles. The molecule has 0 aliphatic carbocycles. The SMILES string of the molecule is C/C1=C\C(=O)O[C@@H]2C[C@@H](CC[C@H](C)/C=C\CC1)O[C@@](O)([C@@H]1CSC(=O)N1)C2. The predicted molar refractivity (Wildman–Crippen MR) is 104 cm³/mol. The van der Waals surface area contributed by atoms with E-state index >= 15 is 0 Å². The van der Waals surface area contributed by atoms with E-state index in [1.165, 1.54) is 0 Å². The molecule has 0 saturated carbocycles. The van der Waals surface area contributed by atoms with E-state index < -0.39 is 17.9 Å². The summed E-state index contributed by atoms with van der Waals surface area (Å²) in [6.07, 6.45) is 9.42. The summed E-state index contributed by atoms with van der Waals surface area (Å²) in [5.41, 5.74) is 0.979. The summed E-state index contributed by atoms with van der Waals surface area (Å²) in [6, 6.07) is -0.493. The molecule has 27 heavy (non-hydrogen) atoms. The Morgan fingerprint density at radius 2 is 2.11 bits per heavy atom. The maximum atomic E-state index is 12.3. The Morgan fingerprint density at radius 1 is 1.30 bits per heavy atom. The molecule has 150 valence electrons. The highest BCUT2D eigenvalue weighted by atomic mass is 32.2. The molecule has 3 heterocycles. The van der Waals surface area contributed by atoms with E-state index in [1.807, 2.05) is 6.92 Å². The number of nitrogens with one attached hydrogen (secondary N) is 1. The molecule has 3 aliphatic heterocycles. The number of hydrogen-bond acceptors (Lipinski definition) is 6. The van der Waals surface area contributed by atoms with Crippen LogP contribution >= 0.6 is 11.8 Å². The molecule has 6 nitrogen and oxygen atoms in total. The fraction of sp³-hybridized carbons (Fsp3) is 0.700. The second kappa shape index (κ2) is 8.80. The van der Waals surface area contributed by atoms with Gasteiger partial charge in [0, 0.05) is 24.7 Å². The summed E-state index contributed by atoms with van der Waals surface area (Å²) in [7, 11) is 0. The molecule has 3 aliphatic rings.